The summed E-state index contributed by atoms with van der Waals surface area (Å²) >= 11 is 1.55. The number of sulfonamides is 1. The summed E-state index contributed by atoms with van der Waals surface area (Å²) in [5.74, 6) is 0.119. The van der Waals surface area contributed by atoms with Crippen LogP contribution in [0.2, 0.25) is 0 Å². The van der Waals surface area contributed by atoms with Gasteiger partial charge in [0.2, 0.25) is 10.0 Å². The van der Waals surface area contributed by atoms with E-state index in [2.05, 4.69) is 6.08 Å². The molecule has 0 bridgehead atoms. The van der Waals surface area contributed by atoms with Gasteiger partial charge >= 0.3 is 0 Å². The molecule has 0 radical (unpaired) electrons. The Balaban J connectivity index is 2.47. The molecule has 0 saturated carbocycles. The van der Waals surface area contributed by atoms with Crippen molar-refractivity contribution in [2.24, 2.45) is 11.1 Å². The van der Waals surface area contributed by atoms with Crippen LogP contribution in [0, 0.1) is 5.92 Å². The number of allylic oxidation sites excluding steroid dienone is 3. The van der Waals surface area contributed by atoms with Crippen molar-refractivity contribution in [3.8, 4) is 0 Å². The minimum absolute atomic E-state index is 0.119. The quantitative estimate of drug-likeness (QED) is 0.843. The van der Waals surface area contributed by atoms with Gasteiger partial charge in [-0.25, -0.2) is 13.6 Å². The van der Waals surface area contributed by atoms with Crippen LogP contribution in [0.3, 0.4) is 0 Å². The highest BCUT2D eigenvalue weighted by atomic mass is 32.2. The molecule has 2 aliphatic rings. The van der Waals surface area contributed by atoms with Gasteiger partial charge < -0.3 is 4.74 Å². The lowest BCUT2D eigenvalue weighted by atomic mass is 9.96. The van der Waals surface area contributed by atoms with Crippen LogP contribution in [0.5, 0.6) is 0 Å². The van der Waals surface area contributed by atoms with Crippen molar-refractivity contribution in [3.05, 3.63) is 33.6 Å². The molecular formula is C11H15NO3S2. The van der Waals surface area contributed by atoms with Crippen molar-refractivity contribution in [3.63, 3.8) is 0 Å². The summed E-state index contributed by atoms with van der Waals surface area (Å²) in [5.41, 5.74) is 0.659. The maximum absolute atomic E-state index is 11.7. The number of hydrogen-bond donors (Lipinski definition) is 1. The summed E-state index contributed by atoms with van der Waals surface area (Å²) in [7, 11) is -2.14. The molecular weight excluding hydrogens is 258 g/mol. The number of methoxy groups -OCH3 is 1. The van der Waals surface area contributed by atoms with Crippen molar-refractivity contribution in [1.82, 2.24) is 0 Å². The number of hydrogen-bond acceptors (Lipinski definition) is 4. The van der Waals surface area contributed by atoms with E-state index in [4.69, 9.17) is 9.88 Å². The molecule has 0 amide bonds. The molecule has 4 nitrogen and oxygen atoms in total. The number of nitrogens with two attached hydrogens (primary N) is 1. The predicted molar refractivity (Wildman–Crippen MR) is 69.8 cm³/mol. The average Bonchev–Trinajstić information content (AvgIpc) is 2.56. The Morgan fingerprint density at radius 3 is 2.82 bits per heavy atom. The molecule has 0 fully saturated rings. The fourth-order valence-corrected chi connectivity index (χ4v) is 4.91. The molecule has 1 heterocycles. The zero-order chi connectivity index (χ0) is 12.6. The number of ether oxygens (including phenoxy) is 1. The van der Waals surface area contributed by atoms with Crippen LogP contribution in [0.1, 0.15) is 6.92 Å². The van der Waals surface area contributed by atoms with Gasteiger partial charge in [-0.3, -0.25) is 0 Å². The monoisotopic (exact) mass is 273 g/mol. The molecule has 1 aliphatic heterocycles. The van der Waals surface area contributed by atoms with E-state index in [9.17, 15) is 8.42 Å². The second-order valence-corrected chi connectivity index (χ2v) is 7.04. The Morgan fingerprint density at radius 2 is 2.24 bits per heavy atom. The molecule has 94 valence electrons. The van der Waals surface area contributed by atoms with Gasteiger partial charge in [0.25, 0.3) is 0 Å². The number of thioether (sulfide) groups is 1. The van der Waals surface area contributed by atoms with Crippen molar-refractivity contribution >= 4 is 21.8 Å². The highest BCUT2D eigenvalue weighted by Crippen LogP contribution is 2.45. The van der Waals surface area contributed by atoms with E-state index in [0.29, 0.717) is 10.5 Å². The van der Waals surface area contributed by atoms with Gasteiger partial charge in [0, 0.05) is 13.0 Å². The van der Waals surface area contributed by atoms with Crippen LogP contribution >= 0.6 is 11.8 Å². The number of primary sulfonamides is 1. The molecule has 17 heavy (non-hydrogen) atoms. The molecule has 0 aromatic rings. The number of rotatable bonds is 3. The maximum Gasteiger partial charge on any atom is 0.235 e. The van der Waals surface area contributed by atoms with E-state index in [0.717, 1.165) is 4.91 Å². The standard InChI is InChI=1S/C11H15NO3S2/c1-7-5-8-3-4-9(6-15-2)11(10(8)16-7)17(12,13)14/h3-5,8,10H,6H2,1-2H3,(H2,12,13,14). The predicted octanol–water partition coefficient (Wildman–Crippen LogP) is 1.38. The Bertz CT molecular complexity index is 517. The molecule has 2 unspecified atom stereocenters. The second kappa shape index (κ2) is 4.61. The molecule has 0 spiro atoms. The zero-order valence-corrected chi connectivity index (χ0v) is 11.3. The molecule has 2 rings (SSSR count). The van der Waals surface area contributed by atoms with E-state index < -0.39 is 10.0 Å². The molecule has 0 aromatic carbocycles. The summed E-state index contributed by atoms with van der Waals surface area (Å²) < 4.78 is 28.5. The van der Waals surface area contributed by atoms with Gasteiger partial charge in [-0.1, -0.05) is 18.2 Å². The summed E-state index contributed by atoms with van der Waals surface area (Å²) in [6, 6.07) is 0. The first-order valence-electron chi connectivity index (χ1n) is 5.21. The second-order valence-electron chi connectivity index (χ2n) is 4.12. The minimum atomic E-state index is -3.68. The molecule has 6 heteroatoms. The third-order valence-corrected chi connectivity index (χ3v) is 5.38. The molecule has 2 N–H and O–H groups in total. The molecule has 0 aromatic heterocycles. The van der Waals surface area contributed by atoms with Gasteiger partial charge in [-0.15, -0.1) is 11.8 Å². The number of fused-ring (bicyclic) bond motifs is 1. The fourth-order valence-electron chi connectivity index (χ4n) is 2.17. The van der Waals surface area contributed by atoms with Crippen molar-refractivity contribution in [1.29, 1.82) is 0 Å². The lowest BCUT2D eigenvalue weighted by Crippen LogP contribution is -2.29. The lowest BCUT2D eigenvalue weighted by molar-refractivity contribution is 0.227. The highest BCUT2D eigenvalue weighted by Gasteiger charge is 2.37. The highest BCUT2D eigenvalue weighted by molar-refractivity contribution is 8.05. The average molecular weight is 273 g/mol. The third-order valence-electron chi connectivity index (χ3n) is 2.79. The van der Waals surface area contributed by atoms with Gasteiger partial charge in [-0.05, 0) is 17.4 Å². The van der Waals surface area contributed by atoms with Gasteiger partial charge in [-0.2, -0.15) is 0 Å². The van der Waals surface area contributed by atoms with E-state index >= 15 is 0 Å². The van der Waals surface area contributed by atoms with Gasteiger partial charge in [0.1, 0.15) is 0 Å². The van der Waals surface area contributed by atoms with Crippen LogP contribution in [0.25, 0.3) is 0 Å². The maximum atomic E-state index is 11.7. The van der Waals surface area contributed by atoms with Crippen molar-refractivity contribution in [2.45, 2.75) is 12.2 Å². The van der Waals surface area contributed by atoms with Crippen molar-refractivity contribution in [2.75, 3.05) is 13.7 Å². The van der Waals surface area contributed by atoms with E-state index in [1.165, 1.54) is 0 Å². The minimum Gasteiger partial charge on any atom is -0.380 e. The third kappa shape index (κ3) is 2.49. The molecule has 0 saturated heterocycles. The Labute approximate surface area is 106 Å². The Morgan fingerprint density at radius 1 is 1.53 bits per heavy atom. The summed E-state index contributed by atoms with van der Waals surface area (Å²) in [6.45, 7) is 2.25. The topological polar surface area (TPSA) is 69.4 Å². The normalized spacial score (nSPS) is 28.3. The summed E-state index contributed by atoms with van der Waals surface area (Å²) in [4.78, 5) is 1.44. The first-order chi connectivity index (χ1) is 7.93. The summed E-state index contributed by atoms with van der Waals surface area (Å²) in [5, 5.41) is 5.20. The van der Waals surface area contributed by atoms with E-state index in [-0.39, 0.29) is 17.8 Å². The largest absolute Gasteiger partial charge is 0.380 e. The van der Waals surface area contributed by atoms with Crippen molar-refractivity contribution < 1.29 is 13.2 Å². The van der Waals surface area contributed by atoms with Crippen LogP contribution in [0.15, 0.2) is 33.6 Å². The fraction of sp³-hybridized carbons (Fsp3) is 0.455. The Hall–Kier alpha value is -0.560. The van der Waals surface area contributed by atoms with Crippen LogP contribution in [0.4, 0.5) is 0 Å². The van der Waals surface area contributed by atoms with Gasteiger partial charge in [0.15, 0.2) is 0 Å². The van der Waals surface area contributed by atoms with E-state index in [1.807, 2.05) is 13.0 Å². The first-order valence-corrected chi connectivity index (χ1v) is 7.64. The lowest BCUT2D eigenvalue weighted by Gasteiger charge is -2.24. The summed E-state index contributed by atoms with van der Waals surface area (Å²) in [6.07, 6.45) is 5.89. The van der Waals surface area contributed by atoms with Crippen LogP contribution in [-0.4, -0.2) is 27.4 Å². The SMILES string of the molecule is COCC1=C(S(N)(=O)=O)C2SC(C)=CC2C=C1. The molecule has 1 aliphatic carbocycles. The van der Waals surface area contributed by atoms with Crippen LogP contribution in [-0.2, 0) is 14.8 Å². The smallest absolute Gasteiger partial charge is 0.235 e. The van der Waals surface area contributed by atoms with Crippen LogP contribution < -0.4 is 5.14 Å². The zero-order valence-electron chi connectivity index (χ0n) is 9.71. The van der Waals surface area contributed by atoms with E-state index in [1.54, 1.807) is 24.9 Å². The first kappa shape index (κ1) is 12.9. The van der Waals surface area contributed by atoms with Gasteiger partial charge in [0.05, 0.1) is 16.8 Å². The molecule has 2 atom stereocenters. The Kier molecular flexibility index (Phi) is 3.49.